The highest BCUT2D eigenvalue weighted by Gasteiger charge is 2.47. The number of carbonyl (C=O) groups excluding carboxylic acids is 2. The Hall–Kier alpha value is -3.77. The predicted molar refractivity (Wildman–Crippen MR) is 112 cm³/mol. The van der Waals surface area contributed by atoms with Crippen molar-refractivity contribution in [1.82, 2.24) is 0 Å². The summed E-state index contributed by atoms with van der Waals surface area (Å²) < 4.78 is 0. The van der Waals surface area contributed by atoms with Crippen molar-refractivity contribution in [1.29, 1.82) is 0 Å². The maximum Gasteiger partial charge on any atom is 0.300 e. The van der Waals surface area contributed by atoms with Gasteiger partial charge in [-0.3, -0.25) is 14.5 Å². The summed E-state index contributed by atoms with van der Waals surface area (Å²) in [5, 5.41) is 31.6. The number of para-hydroxylation sites is 2. The minimum atomic E-state index is -1.07. The largest absolute Gasteiger partial charge is 0.508 e. The number of aliphatic hydroxyl groups excluding tert-OH is 1. The molecule has 1 aliphatic rings. The number of phenols is 2. The number of hydrogen-bond acceptors (Lipinski definition) is 5. The summed E-state index contributed by atoms with van der Waals surface area (Å²) in [4.78, 5) is 27.1. The number of aliphatic hydroxyl groups is 1. The lowest BCUT2D eigenvalue weighted by atomic mass is 9.95. The molecule has 1 unspecified atom stereocenters. The molecule has 3 aromatic rings. The summed E-state index contributed by atoms with van der Waals surface area (Å²) >= 11 is 6.02. The summed E-state index contributed by atoms with van der Waals surface area (Å²) in [5.74, 6) is -2.50. The van der Waals surface area contributed by atoms with Gasteiger partial charge in [0.1, 0.15) is 17.3 Å². The van der Waals surface area contributed by atoms with Crippen LogP contribution in [0.3, 0.4) is 0 Å². The fourth-order valence-electron chi connectivity index (χ4n) is 3.55. The molecule has 0 aliphatic carbocycles. The highest BCUT2D eigenvalue weighted by molar-refractivity contribution is 6.52. The number of nitrogens with zero attached hydrogens (tertiary/aromatic N) is 1. The molecule has 4 rings (SSSR count). The van der Waals surface area contributed by atoms with E-state index >= 15 is 0 Å². The van der Waals surface area contributed by atoms with Crippen LogP contribution >= 0.6 is 11.6 Å². The summed E-state index contributed by atoms with van der Waals surface area (Å²) in [6.45, 7) is 0. The molecule has 1 amide bonds. The molecule has 3 aromatic carbocycles. The highest BCUT2D eigenvalue weighted by Crippen LogP contribution is 2.45. The number of ketones is 1. The Morgan fingerprint density at radius 2 is 1.63 bits per heavy atom. The molecule has 3 N–H and O–H groups in total. The van der Waals surface area contributed by atoms with Gasteiger partial charge in [0.15, 0.2) is 0 Å². The zero-order valence-electron chi connectivity index (χ0n) is 15.5. The average Bonchev–Trinajstić information content (AvgIpc) is 2.99. The predicted octanol–water partition coefficient (Wildman–Crippen LogP) is 4.38. The van der Waals surface area contributed by atoms with E-state index in [1.165, 1.54) is 30.3 Å². The summed E-state index contributed by atoms with van der Waals surface area (Å²) in [5.41, 5.74) is 0.596. The van der Waals surface area contributed by atoms with Gasteiger partial charge in [-0.2, -0.15) is 0 Å². The first-order valence-electron chi connectivity index (χ1n) is 9.02. The van der Waals surface area contributed by atoms with Crippen molar-refractivity contribution in [3.63, 3.8) is 0 Å². The molecule has 1 fully saturated rings. The third kappa shape index (κ3) is 3.27. The Balaban J connectivity index is 1.99. The zero-order valence-corrected chi connectivity index (χ0v) is 16.2. The Labute approximate surface area is 176 Å². The number of hydrogen-bond donors (Lipinski definition) is 3. The van der Waals surface area contributed by atoms with Gasteiger partial charge in [-0.1, -0.05) is 48.0 Å². The first kappa shape index (κ1) is 19.5. The number of halogens is 1. The Morgan fingerprint density at radius 3 is 2.33 bits per heavy atom. The maximum absolute atomic E-state index is 13.0. The first-order valence-corrected chi connectivity index (χ1v) is 9.40. The monoisotopic (exact) mass is 421 g/mol. The van der Waals surface area contributed by atoms with Gasteiger partial charge in [0, 0.05) is 10.6 Å². The van der Waals surface area contributed by atoms with E-state index in [0.29, 0.717) is 10.6 Å². The van der Waals surface area contributed by atoms with Crippen LogP contribution < -0.4 is 4.90 Å². The number of carbonyl (C=O) groups is 2. The molecule has 0 aromatic heterocycles. The second kappa shape index (κ2) is 7.57. The van der Waals surface area contributed by atoms with Gasteiger partial charge < -0.3 is 15.3 Å². The van der Waals surface area contributed by atoms with Crippen LogP contribution in [0, 0.1) is 0 Å². The number of anilines is 1. The smallest absolute Gasteiger partial charge is 0.300 e. The van der Waals surface area contributed by atoms with E-state index in [1.807, 2.05) is 0 Å². The normalized spacial score (nSPS) is 18.0. The van der Waals surface area contributed by atoms with E-state index in [1.54, 1.807) is 42.5 Å². The summed E-state index contributed by atoms with van der Waals surface area (Å²) in [6, 6.07) is 17.3. The second-order valence-electron chi connectivity index (χ2n) is 6.76. The molecule has 0 saturated carbocycles. The number of benzene rings is 3. The van der Waals surface area contributed by atoms with Crippen LogP contribution in [0.5, 0.6) is 11.5 Å². The lowest BCUT2D eigenvalue weighted by Gasteiger charge is -2.26. The number of rotatable bonds is 3. The van der Waals surface area contributed by atoms with Crippen LogP contribution in [0.15, 0.2) is 78.4 Å². The van der Waals surface area contributed by atoms with Gasteiger partial charge in [-0.05, 0) is 42.0 Å². The minimum Gasteiger partial charge on any atom is -0.508 e. The molecule has 0 radical (unpaired) electrons. The maximum atomic E-state index is 13.0. The van der Waals surface area contributed by atoms with Gasteiger partial charge in [0.25, 0.3) is 11.7 Å². The average molecular weight is 422 g/mol. The molecule has 1 heterocycles. The number of Topliss-reactive ketones (excluding diaryl/α,β-unsaturated/α-hetero) is 1. The lowest BCUT2D eigenvalue weighted by Crippen LogP contribution is -2.29. The Kier molecular flexibility index (Phi) is 4.93. The van der Waals surface area contributed by atoms with Crippen molar-refractivity contribution in [3.8, 4) is 11.5 Å². The summed E-state index contributed by atoms with van der Waals surface area (Å²) in [7, 11) is 0. The molecule has 0 bridgehead atoms. The zero-order chi connectivity index (χ0) is 21.4. The topological polar surface area (TPSA) is 98.1 Å². The van der Waals surface area contributed by atoms with Crippen molar-refractivity contribution < 1.29 is 24.9 Å². The van der Waals surface area contributed by atoms with Crippen molar-refractivity contribution in [2.45, 2.75) is 6.04 Å². The van der Waals surface area contributed by atoms with Crippen LogP contribution in [-0.4, -0.2) is 27.0 Å². The molecule has 1 atom stereocenters. The van der Waals surface area contributed by atoms with Gasteiger partial charge in [-0.25, -0.2) is 0 Å². The molecule has 6 nitrogen and oxygen atoms in total. The van der Waals surface area contributed by atoms with Crippen LogP contribution in [-0.2, 0) is 9.59 Å². The van der Waals surface area contributed by atoms with Crippen LogP contribution in [0.1, 0.15) is 17.2 Å². The van der Waals surface area contributed by atoms with Crippen molar-refractivity contribution >= 4 is 34.7 Å². The van der Waals surface area contributed by atoms with Crippen LogP contribution in [0.4, 0.5) is 5.69 Å². The lowest BCUT2D eigenvalue weighted by molar-refractivity contribution is -0.132. The SMILES string of the molecule is O=C1C(=O)N(c2ccccc2O)C(c2cccc(O)c2)/C1=C(/O)c1cccc(Cl)c1. The van der Waals surface area contributed by atoms with E-state index in [4.69, 9.17) is 11.6 Å². The molecule has 0 spiro atoms. The van der Waals surface area contributed by atoms with E-state index in [2.05, 4.69) is 0 Å². The highest BCUT2D eigenvalue weighted by atomic mass is 35.5. The van der Waals surface area contributed by atoms with Gasteiger partial charge in [0.05, 0.1) is 17.3 Å². The fourth-order valence-corrected chi connectivity index (χ4v) is 3.74. The molecule has 1 saturated heterocycles. The second-order valence-corrected chi connectivity index (χ2v) is 7.20. The first-order chi connectivity index (χ1) is 14.4. The van der Waals surface area contributed by atoms with E-state index in [9.17, 15) is 24.9 Å². The van der Waals surface area contributed by atoms with E-state index in [-0.39, 0.29) is 28.3 Å². The minimum absolute atomic E-state index is 0.0712. The van der Waals surface area contributed by atoms with Crippen LogP contribution in [0.25, 0.3) is 5.76 Å². The molecule has 1 aliphatic heterocycles. The van der Waals surface area contributed by atoms with Gasteiger partial charge >= 0.3 is 0 Å². The van der Waals surface area contributed by atoms with Crippen molar-refractivity contribution in [2.24, 2.45) is 0 Å². The third-order valence-corrected chi connectivity index (χ3v) is 5.10. The van der Waals surface area contributed by atoms with Crippen molar-refractivity contribution in [2.75, 3.05) is 4.90 Å². The molecular formula is C23H16ClNO5. The summed E-state index contributed by atoms with van der Waals surface area (Å²) in [6.07, 6.45) is 0. The Bertz CT molecular complexity index is 1200. The van der Waals surface area contributed by atoms with E-state index in [0.717, 1.165) is 4.90 Å². The van der Waals surface area contributed by atoms with E-state index < -0.39 is 23.5 Å². The molecular weight excluding hydrogens is 406 g/mol. The Morgan fingerprint density at radius 1 is 0.900 bits per heavy atom. The third-order valence-electron chi connectivity index (χ3n) is 4.87. The van der Waals surface area contributed by atoms with Gasteiger partial charge in [-0.15, -0.1) is 0 Å². The molecule has 30 heavy (non-hydrogen) atoms. The molecule has 7 heteroatoms. The van der Waals surface area contributed by atoms with Crippen LogP contribution in [0.2, 0.25) is 5.02 Å². The standard InChI is InChI=1S/C23H16ClNO5/c24-15-7-3-6-14(11-15)21(28)19-20(13-5-4-8-16(26)12-13)25(23(30)22(19)29)17-9-1-2-10-18(17)27/h1-12,20,26-28H/b21-19-. The number of amides is 1. The molecule has 150 valence electrons. The number of aromatic hydroxyl groups is 2. The van der Waals surface area contributed by atoms with Crippen molar-refractivity contribution in [3.05, 3.63) is 94.5 Å². The van der Waals surface area contributed by atoms with Gasteiger partial charge in [0.2, 0.25) is 0 Å². The fraction of sp³-hybridized carbons (Fsp3) is 0.0435. The quantitative estimate of drug-likeness (QED) is 0.331. The number of phenolic OH excluding ortho intramolecular Hbond substituents is 2.